The summed E-state index contributed by atoms with van der Waals surface area (Å²) in [6.07, 6.45) is -0.0706. The van der Waals surface area contributed by atoms with E-state index in [9.17, 15) is 28.8 Å². The standard InChI is InChI=1S/C31H28Cl2FN5O4/c32-22-8-9-23(29(34)28(22)33)37-30(42)24(12-13-35)38-31(43)25-15-20-7-6-18(16-36)14-21(20)17-39(25)27(41)11-10-26(40)19-4-2-1-3-5-19/h1-9,14,24-25H,10-13,15,17,35H2,(H,37,42)(H,38,43)/t24-,25-/m0/s1. The van der Waals surface area contributed by atoms with E-state index in [2.05, 4.69) is 16.7 Å². The number of anilines is 1. The fourth-order valence-corrected chi connectivity index (χ4v) is 5.14. The fourth-order valence-electron chi connectivity index (χ4n) is 4.83. The Balaban J connectivity index is 1.54. The first-order valence-corrected chi connectivity index (χ1v) is 14.2. The third kappa shape index (κ3) is 7.56. The highest BCUT2D eigenvalue weighted by Crippen LogP contribution is 2.30. The summed E-state index contributed by atoms with van der Waals surface area (Å²) in [5.41, 5.74) is 7.83. The number of rotatable bonds is 10. The van der Waals surface area contributed by atoms with Gasteiger partial charge in [-0.05, 0) is 48.4 Å². The smallest absolute Gasteiger partial charge is 0.247 e. The average Bonchev–Trinajstić information content (AvgIpc) is 3.02. The van der Waals surface area contributed by atoms with Gasteiger partial charge in [0.05, 0.1) is 27.4 Å². The number of ketones is 1. The number of halogens is 3. The van der Waals surface area contributed by atoms with E-state index in [4.69, 9.17) is 28.9 Å². The van der Waals surface area contributed by atoms with Crippen LogP contribution < -0.4 is 16.4 Å². The molecule has 3 aromatic rings. The van der Waals surface area contributed by atoms with Gasteiger partial charge in [0.15, 0.2) is 11.6 Å². The number of carbonyl (C=O) groups is 4. The number of amides is 3. The van der Waals surface area contributed by atoms with E-state index in [0.29, 0.717) is 16.7 Å². The van der Waals surface area contributed by atoms with Crippen molar-refractivity contribution in [3.8, 4) is 6.07 Å². The zero-order chi connectivity index (χ0) is 31.1. The highest BCUT2D eigenvalue weighted by molar-refractivity contribution is 6.42. The van der Waals surface area contributed by atoms with E-state index >= 15 is 0 Å². The monoisotopic (exact) mass is 623 g/mol. The van der Waals surface area contributed by atoms with Crippen LogP contribution in [0.25, 0.3) is 0 Å². The van der Waals surface area contributed by atoms with E-state index in [1.54, 1.807) is 48.5 Å². The molecule has 3 aromatic carbocycles. The van der Waals surface area contributed by atoms with Crippen molar-refractivity contribution in [3.63, 3.8) is 0 Å². The average molecular weight is 625 g/mol. The predicted octanol–water partition coefficient (Wildman–Crippen LogP) is 4.39. The Bertz CT molecular complexity index is 1590. The molecule has 0 saturated heterocycles. The first kappa shape index (κ1) is 31.6. The Labute approximate surface area is 257 Å². The van der Waals surface area contributed by atoms with E-state index in [0.717, 1.165) is 5.56 Å². The first-order valence-electron chi connectivity index (χ1n) is 13.5. The van der Waals surface area contributed by atoms with Crippen molar-refractivity contribution < 1.29 is 23.6 Å². The molecule has 0 fully saturated rings. The number of benzene rings is 3. The molecule has 1 heterocycles. The molecule has 0 unspecified atom stereocenters. The van der Waals surface area contributed by atoms with Gasteiger partial charge in [-0.3, -0.25) is 19.2 Å². The van der Waals surface area contributed by atoms with Gasteiger partial charge in [0.1, 0.15) is 12.1 Å². The number of Topliss-reactive ketones (excluding diaryl/α,β-unsaturated/α-hetero) is 1. The molecule has 4 N–H and O–H groups in total. The highest BCUT2D eigenvalue weighted by Gasteiger charge is 2.36. The molecule has 0 aliphatic carbocycles. The van der Waals surface area contributed by atoms with Crippen LogP contribution >= 0.6 is 23.2 Å². The molecular formula is C31H28Cl2FN5O4. The van der Waals surface area contributed by atoms with Gasteiger partial charge >= 0.3 is 0 Å². The van der Waals surface area contributed by atoms with Crippen molar-refractivity contribution in [2.75, 3.05) is 11.9 Å². The normalized spacial score (nSPS) is 14.7. The van der Waals surface area contributed by atoms with Crippen LogP contribution in [0.3, 0.4) is 0 Å². The Morgan fingerprint density at radius 2 is 1.79 bits per heavy atom. The van der Waals surface area contributed by atoms with E-state index in [1.165, 1.54) is 17.0 Å². The van der Waals surface area contributed by atoms with Gasteiger partial charge in [0, 0.05) is 31.4 Å². The number of carbonyl (C=O) groups excluding carboxylic acids is 4. The lowest BCUT2D eigenvalue weighted by atomic mass is 9.91. The Morgan fingerprint density at radius 3 is 2.49 bits per heavy atom. The number of hydrogen-bond acceptors (Lipinski definition) is 6. The molecule has 2 atom stereocenters. The molecule has 0 spiro atoms. The lowest BCUT2D eigenvalue weighted by Gasteiger charge is -2.37. The minimum atomic E-state index is -1.16. The van der Waals surface area contributed by atoms with Crippen molar-refractivity contribution in [3.05, 3.63) is 98.8 Å². The van der Waals surface area contributed by atoms with Crippen LogP contribution in [0, 0.1) is 17.1 Å². The van der Waals surface area contributed by atoms with Crippen molar-refractivity contribution >= 4 is 52.4 Å². The van der Waals surface area contributed by atoms with Gasteiger partial charge in [-0.2, -0.15) is 5.26 Å². The number of nitriles is 1. The van der Waals surface area contributed by atoms with Crippen molar-refractivity contribution in [1.82, 2.24) is 10.2 Å². The second kappa shape index (κ2) is 14.2. The summed E-state index contributed by atoms with van der Waals surface area (Å²) >= 11 is 11.7. The minimum absolute atomic E-state index is 0.0227. The van der Waals surface area contributed by atoms with Crippen LogP contribution in [0.15, 0.2) is 60.7 Å². The molecular weight excluding hydrogens is 596 g/mol. The van der Waals surface area contributed by atoms with Crippen LogP contribution in [0.5, 0.6) is 0 Å². The Kier molecular flexibility index (Phi) is 10.5. The molecule has 9 nitrogen and oxygen atoms in total. The van der Waals surface area contributed by atoms with Gasteiger partial charge in [0.25, 0.3) is 0 Å². The van der Waals surface area contributed by atoms with Gasteiger partial charge in [-0.1, -0.05) is 59.6 Å². The number of nitrogens with one attached hydrogen (secondary N) is 2. The second-order valence-corrected chi connectivity index (χ2v) is 10.8. The summed E-state index contributed by atoms with van der Waals surface area (Å²) in [6.45, 7) is 0.0560. The second-order valence-electron chi connectivity index (χ2n) is 9.98. The third-order valence-corrected chi connectivity index (χ3v) is 7.91. The fraction of sp³-hybridized carbons (Fsp3) is 0.258. The van der Waals surface area contributed by atoms with E-state index in [1.807, 2.05) is 0 Å². The topological polar surface area (TPSA) is 145 Å². The molecule has 12 heteroatoms. The summed E-state index contributed by atoms with van der Waals surface area (Å²) in [4.78, 5) is 54.2. The number of hydrogen-bond donors (Lipinski definition) is 3. The minimum Gasteiger partial charge on any atom is -0.342 e. The Morgan fingerprint density at radius 1 is 1.05 bits per heavy atom. The van der Waals surface area contributed by atoms with Crippen molar-refractivity contribution in [1.29, 1.82) is 5.26 Å². The first-order chi connectivity index (χ1) is 20.6. The number of nitrogens with zero attached hydrogens (tertiary/aromatic N) is 2. The van der Waals surface area contributed by atoms with Gasteiger partial charge in [-0.25, -0.2) is 4.39 Å². The highest BCUT2D eigenvalue weighted by atomic mass is 35.5. The predicted molar refractivity (Wildman–Crippen MR) is 160 cm³/mol. The maximum absolute atomic E-state index is 14.6. The third-order valence-electron chi connectivity index (χ3n) is 7.13. The van der Waals surface area contributed by atoms with E-state index < -0.39 is 35.6 Å². The number of fused-ring (bicyclic) bond motifs is 1. The maximum atomic E-state index is 14.6. The lowest BCUT2D eigenvalue weighted by molar-refractivity contribution is -0.142. The molecule has 4 rings (SSSR count). The number of nitrogens with two attached hydrogens (primary N) is 1. The largest absolute Gasteiger partial charge is 0.342 e. The Hall–Kier alpha value is -4.30. The zero-order valence-electron chi connectivity index (χ0n) is 22.9. The molecule has 0 radical (unpaired) electrons. The van der Waals surface area contributed by atoms with Gasteiger partial charge < -0.3 is 21.3 Å². The summed E-state index contributed by atoms with van der Waals surface area (Å²) in [6, 6.07) is 16.0. The SMILES string of the molecule is N#Cc1ccc2c(c1)CN(C(=O)CCC(=O)c1ccccc1)[C@H](C(=O)N[C@@H](CCN)C(=O)Nc1ccc(Cl)c(Cl)c1F)C2. The molecule has 1 aliphatic rings. The molecule has 3 amide bonds. The van der Waals surface area contributed by atoms with Crippen LogP contribution in [-0.2, 0) is 27.3 Å². The summed E-state index contributed by atoms with van der Waals surface area (Å²) in [5.74, 6) is -2.94. The molecule has 0 aromatic heterocycles. The van der Waals surface area contributed by atoms with Crippen molar-refractivity contribution in [2.24, 2.45) is 5.73 Å². The van der Waals surface area contributed by atoms with Crippen LogP contribution in [0.2, 0.25) is 10.0 Å². The van der Waals surface area contributed by atoms with Crippen molar-refractivity contribution in [2.45, 2.75) is 44.3 Å². The van der Waals surface area contributed by atoms with Crippen LogP contribution in [0.1, 0.15) is 46.3 Å². The van der Waals surface area contributed by atoms with Crippen LogP contribution in [-0.4, -0.2) is 47.0 Å². The van der Waals surface area contributed by atoms with Crippen LogP contribution in [0.4, 0.5) is 10.1 Å². The van der Waals surface area contributed by atoms with Gasteiger partial charge in [-0.15, -0.1) is 0 Å². The van der Waals surface area contributed by atoms with Gasteiger partial charge in [0.2, 0.25) is 17.7 Å². The maximum Gasteiger partial charge on any atom is 0.247 e. The molecule has 43 heavy (non-hydrogen) atoms. The summed E-state index contributed by atoms with van der Waals surface area (Å²) < 4.78 is 14.6. The molecule has 1 aliphatic heterocycles. The summed E-state index contributed by atoms with van der Waals surface area (Å²) in [7, 11) is 0. The van der Waals surface area contributed by atoms with E-state index in [-0.39, 0.29) is 60.3 Å². The molecule has 0 saturated carbocycles. The zero-order valence-corrected chi connectivity index (χ0v) is 24.4. The summed E-state index contributed by atoms with van der Waals surface area (Å²) in [5, 5.41) is 14.0. The molecule has 0 bridgehead atoms. The quantitative estimate of drug-likeness (QED) is 0.225. The lowest BCUT2D eigenvalue weighted by Crippen LogP contribution is -2.56. The molecule has 222 valence electrons.